The molecule has 1 amide bonds. The van der Waals surface area contributed by atoms with E-state index in [0.717, 1.165) is 6.42 Å². The second kappa shape index (κ2) is 3.64. The van der Waals surface area contributed by atoms with Gasteiger partial charge < -0.3 is 5.23 Å². The maximum atomic E-state index is 10.5. The summed E-state index contributed by atoms with van der Waals surface area (Å²) in [5.74, 6) is 0.00141. The van der Waals surface area contributed by atoms with Crippen LogP contribution in [0.5, 0.6) is 0 Å². The molecule has 0 aliphatic heterocycles. The lowest BCUT2D eigenvalue weighted by atomic mass is 9.61. The molecule has 0 saturated heterocycles. The van der Waals surface area contributed by atoms with Gasteiger partial charge in [-0.2, -0.15) is 0 Å². The van der Waals surface area contributed by atoms with Gasteiger partial charge in [-0.25, -0.2) is 0 Å². The number of carbonyl (C=O) groups excluding carboxylic acids is 1. The third kappa shape index (κ3) is 4.42. The van der Waals surface area contributed by atoms with Crippen LogP contribution in [-0.4, -0.2) is 13.3 Å². The molecule has 3 heteroatoms. The van der Waals surface area contributed by atoms with Crippen molar-refractivity contribution in [3.8, 4) is 0 Å². The fourth-order valence-electron chi connectivity index (χ4n) is 0.399. The standard InChI is InChI=1S/C7H15BNO/c1-5-7(3,4)8-9-6(2)10/h5H2,1-4H3,(H,9,10). The Kier molecular flexibility index (Phi) is 3.47. The monoisotopic (exact) mass is 140 g/mol. The largest absolute Gasteiger partial charge is 0.403 e. The molecule has 0 rings (SSSR count). The molecule has 0 atom stereocenters. The van der Waals surface area contributed by atoms with Crippen LogP contribution in [0, 0.1) is 0 Å². The Bertz CT molecular complexity index is 123. The highest BCUT2D eigenvalue weighted by atomic mass is 16.1. The zero-order chi connectivity index (χ0) is 8.20. The summed E-state index contributed by atoms with van der Waals surface area (Å²) in [5.41, 5.74) is 0. The van der Waals surface area contributed by atoms with Gasteiger partial charge in [0, 0.05) is 6.92 Å². The van der Waals surface area contributed by atoms with Crippen molar-refractivity contribution < 1.29 is 4.79 Å². The molecule has 0 bridgehead atoms. The van der Waals surface area contributed by atoms with E-state index >= 15 is 0 Å². The minimum Gasteiger partial charge on any atom is -0.403 e. The van der Waals surface area contributed by atoms with Crippen LogP contribution in [0.15, 0.2) is 0 Å². The molecular formula is C7H15BNO. The zero-order valence-corrected chi connectivity index (χ0v) is 7.19. The van der Waals surface area contributed by atoms with E-state index in [-0.39, 0.29) is 11.2 Å². The molecule has 10 heavy (non-hydrogen) atoms. The van der Waals surface area contributed by atoms with Crippen molar-refractivity contribution in [2.45, 2.75) is 39.4 Å². The number of rotatable bonds is 3. The van der Waals surface area contributed by atoms with E-state index in [9.17, 15) is 4.79 Å². The van der Waals surface area contributed by atoms with Crippen LogP contribution in [0.1, 0.15) is 34.1 Å². The Morgan fingerprint density at radius 2 is 2.10 bits per heavy atom. The minimum absolute atomic E-state index is 0.00141. The quantitative estimate of drug-likeness (QED) is 0.589. The lowest BCUT2D eigenvalue weighted by molar-refractivity contribution is -0.117. The van der Waals surface area contributed by atoms with Crippen molar-refractivity contribution in [1.29, 1.82) is 0 Å². The van der Waals surface area contributed by atoms with E-state index in [1.807, 2.05) is 7.41 Å². The zero-order valence-electron chi connectivity index (χ0n) is 7.19. The average molecular weight is 140 g/mol. The first kappa shape index (κ1) is 9.53. The summed E-state index contributed by atoms with van der Waals surface area (Å²) >= 11 is 0. The molecule has 0 aromatic carbocycles. The van der Waals surface area contributed by atoms with Crippen molar-refractivity contribution >= 4 is 13.3 Å². The number of carbonyl (C=O) groups is 1. The molecule has 2 nitrogen and oxygen atoms in total. The Labute approximate surface area is 63.7 Å². The molecule has 0 heterocycles. The van der Waals surface area contributed by atoms with Gasteiger partial charge in [0.15, 0.2) is 0 Å². The Morgan fingerprint density at radius 3 is 2.40 bits per heavy atom. The first-order chi connectivity index (χ1) is 4.48. The number of hydrogen-bond donors (Lipinski definition) is 1. The first-order valence-electron chi connectivity index (χ1n) is 3.59. The maximum absolute atomic E-state index is 10.5. The molecule has 1 N–H and O–H groups in total. The van der Waals surface area contributed by atoms with Gasteiger partial charge in [0.2, 0.25) is 5.91 Å². The minimum atomic E-state index is 0.00141. The Hall–Kier alpha value is -0.465. The number of amides is 1. The van der Waals surface area contributed by atoms with Crippen LogP contribution in [0.3, 0.4) is 0 Å². The molecule has 0 saturated carbocycles. The second-order valence-electron chi connectivity index (χ2n) is 3.19. The summed E-state index contributed by atoms with van der Waals surface area (Å²) in [5, 5.41) is 2.79. The van der Waals surface area contributed by atoms with Gasteiger partial charge >= 0.3 is 0 Å². The molecule has 0 aliphatic rings. The molecule has 0 fully saturated rings. The number of nitrogens with one attached hydrogen (secondary N) is 1. The van der Waals surface area contributed by atoms with Crippen LogP contribution in [-0.2, 0) is 4.79 Å². The van der Waals surface area contributed by atoms with Gasteiger partial charge in [-0.15, -0.1) is 0 Å². The van der Waals surface area contributed by atoms with Gasteiger partial charge in [-0.3, -0.25) is 4.79 Å². The summed E-state index contributed by atoms with van der Waals surface area (Å²) in [4.78, 5) is 10.5. The highest BCUT2D eigenvalue weighted by molar-refractivity contribution is 6.40. The topological polar surface area (TPSA) is 29.1 Å². The van der Waals surface area contributed by atoms with Crippen LogP contribution < -0.4 is 5.23 Å². The van der Waals surface area contributed by atoms with Crippen molar-refractivity contribution in [2.24, 2.45) is 0 Å². The van der Waals surface area contributed by atoms with E-state index < -0.39 is 0 Å². The second-order valence-corrected chi connectivity index (χ2v) is 3.19. The van der Waals surface area contributed by atoms with Crippen molar-refractivity contribution in [3.05, 3.63) is 0 Å². The van der Waals surface area contributed by atoms with Crippen LogP contribution >= 0.6 is 0 Å². The van der Waals surface area contributed by atoms with E-state index in [4.69, 9.17) is 0 Å². The molecule has 0 aromatic rings. The van der Waals surface area contributed by atoms with E-state index in [0.29, 0.717) is 0 Å². The van der Waals surface area contributed by atoms with Crippen LogP contribution in [0.25, 0.3) is 0 Å². The smallest absolute Gasteiger partial charge is 0.252 e. The molecule has 0 spiro atoms. The van der Waals surface area contributed by atoms with Gasteiger partial charge in [0.1, 0.15) is 0 Å². The van der Waals surface area contributed by atoms with Crippen molar-refractivity contribution in [1.82, 2.24) is 5.23 Å². The maximum Gasteiger partial charge on any atom is 0.252 e. The Balaban J connectivity index is 3.56. The SMILES string of the molecule is CCC(C)(C)[B]NC(C)=O. The van der Waals surface area contributed by atoms with Crippen LogP contribution in [0.4, 0.5) is 0 Å². The van der Waals surface area contributed by atoms with Gasteiger partial charge in [-0.05, 0) is 5.31 Å². The van der Waals surface area contributed by atoms with Crippen LogP contribution in [0.2, 0.25) is 5.31 Å². The van der Waals surface area contributed by atoms with E-state index in [1.165, 1.54) is 6.92 Å². The third-order valence-electron chi connectivity index (χ3n) is 1.58. The average Bonchev–Trinajstić information content (AvgIpc) is 1.85. The molecule has 0 aromatic heterocycles. The van der Waals surface area contributed by atoms with Gasteiger partial charge in [0.25, 0.3) is 7.41 Å². The van der Waals surface area contributed by atoms with Crippen molar-refractivity contribution in [2.75, 3.05) is 0 Å². The summed E-state index contributed by atoms with van der Waals surface area (Å²) < 4.78 is 0. The summed E-state index contributed by atoms with van der Waals surface area (Å²) in [6.45, 7) is 7.78. The van der Waals surface area contributed by atoms with Gasteiger partial charge in [0.05, 0.1) is 0 Å². The molecule has 1 radical (unpaired) electrons. The molecule has 57 valence electrons. The van der Waals surface area contributed by atoms with E-state index in [1.54, 1.807) is 0 Å². The predicted molar refractivity (Wildman–Crippen MR) is 43.9 cm³/mol. The van der Waals surface area contributed by atoms with E-state index in [2.05, 4.69) is 26.0 Å². The third-order valence-corrected chi connectivity index (χ3v) is 1.58. The van der Waals surface area contributed by atoms with Crippen molar-refractivity contribution in [3.63, 3.8) is 0 Å². The first-order valence-corrected chi connectivity index (χ1v) is 3.59. The molecule has 0 aliphatic carbocycles. The fraction of sp³-hybridized carbons (Fsp3) is 0.857. The normalized spacial score (nSPS) is 10.8. The fourth-order valence-corrected chi connectivity index (χ4v) is 0.399. The molecular weight excluding hydrogens is 125 g/mol. The highest BCUT2D eigenvalue weighted by Crippen LogP contribution is 2.24. The number of hydrogen-bond acceptors (Lipinski definition) is 1. The summed E-state index contributed by atoms with van der Waals surface area (Å²) in [7, 11) is 1.84. The lowest BCUT2D eigenvalue weighted by Crippen LogP contribution is -2.31. The summed E-state index contributed by atoms with van der Waals surface area (Å²) in [6.07, 6.45) is 1.04. The molecule has 0 unspecified atom stereocenters. The Morgan fingerprint density at radius 1 is 1.60 bits per heavy atom. The summed E-state index contributed by atoms with van der Waals surface area (Å²) in [6, 6.07) is 0. The van der Waals surface area contributed by atoms with Gasteiger partial charge in [-0.1, -0.05) is 27.2 Å². The highest BCUT2D eigenvalue weighted by Gasteiger charge is 2.17. The predicted octanol–water partition coefficient (Wildman–Crippen LogP) is 1.35. The lowest BCUT2D eigenvalue weighted by Gasteiger charge is -2.20.